The molecule has 0 unspecified atom stereocenters. The van der Waals surface area contributed by atoms with E-state index in [1.54, 1.807) is 47.9 Å². The summed E-state index contributed by atoms with van der Waals surface area (Å²) in [7, 11) is -3.64. The van der Waals surface area contributed by atoms with Gasteiger partial charge in [0.1, 0.15) is 0 Å². The van der Waals surface area contributed by atoms with E-state index in [2.05, 4.69) is 4.72 Å². The smallest absolute Gasteiger partial charge is 0.261 e. The number of unbranched alkanes of at least 4 members (excludes halogenated alkanes) is 2. The Bertz CT molecular complexity index is 849. The lowest BCUT2D eigenvalue weighted by Gasteiger charge is -2.10. The van der Waals surface area contributed by atoms with E-state index in [1.807, 2.05) is 24.3 Å². The number of nitrogens with one attached hydrogen (secondary N) is 2. The Kier molecular flexibility index (Phi) is 7.37. The maximum absolute atomic E-state index is 12.5. The van der Waals surface area contributed by atoms with E-state index in [9.17, 15) is 13.2 Å². The van der Waals surface area contributed by atoms with Gasteiger partial charge in [0.25, 0.3) is 10.0 Å². The average molecular weight is 374 g/mol. The van der Waals surface area contributed by atoms with Crippen LogP contribution in [0.3, 0.4) is 0 Å². The van der Waals surface area contributed by atoms with Gasteiger partial charge in [-0.15, -0.1) is 0 Å². The van der Waals surface area contributed by atoms with Gasteiger partial charge < -0.3 is 0 Å². The number of anilines is 1. The van der Waals surface area contributed by atoms with Gasteiger partial charge in [-0.05, 0) is 43.0 Å². The average Bonchev–Trinajstić information content (AvgIpc) is 2.66. The molecular formula is C19H22N2O4S. The fraction of sp³-hybridized carbons (Fsp3) is 0.211. The van der Waals surface area contributed by atoms with E-state index in [0.717, 1.165) is 18.4 Å². The topological polar surface area (TPSA) is 95.5 Å². The van der Waals surface area contributed by atoms with Crippen molar-refractivity contribution in [1.82, 2.24) is 5.48 Å². The maximum atomic E-state index is 12.5. The Morgan fingerprint density at radius 2 is 1.69 bits per heavy atom. The van der Waals surface area contributed by atoms with Crippen LogP contribution >= 0.6 is 0 Å². The fourth-order valence-electron chi connectivity index (χ4n) is 2.35. The Morgan fingerprint density at radius 1 is 1.00 bits per heavy atom. The van der Waals surface area contributed by atoms with E-state index < -0.39 is 15.9 Å². The van der Waals surface area contributed by atoms with E-state index in [0.29, 0.717) is 12.1 Å². The zero-order valence-electron chi connectivity index (χ0n) is 14.3. The number of carbonyl (C=O) groups excluding carboxylic acids is 1. The third kappa shape index (κ3) is 6.02. The van der Waals surface area contributed by atoms with Gasteiger partial charge >= 0.3 is 0 Å². The molecule has 0 saturated heterocycles. The van der Waals surface area contributed by atoms with Gasteiger partial charge in [-0.3, -0.25) is 14.7 Å². The minimum Gasteiger partial charge on any atom is -0.289 e. The van der Waals surface area contributed by atoms with Gasteiger partial charge in [0.05, 0.1) is 10.6 Å². The first-order valence-electron chi connectivity index (χ1n) is 8.29. The van der Waals surface area contributed by atoms with Crippen molar-refractivity contribution in [1.29, 1.82) is 0 Å². The summed E-state index contributed by atoms with van der Waals surface area (Å²) in [5.41, 5.74) is 2.87. The van der Waals surface area contributed by atoms with Gasteiger partial charge in [0, 0.05) is 6.42 Å². The second-order valence-electron chi connectivity index (χ2n) is 5.69. The number of sulfonamides is 1. The summed E-state index contributed by atoms with van der Waals surface area (Å²) in [5.74, 6) is -0.394. The predicted molar refractivity (Wildman–Crippen MR) is 101 cm³/mol. The number of hydrogen-bond donors (Lipinski definition) is 3. The molecular weight excluding hydrogens is 352 g/mol. The third-order valence-electron chi connectivity index (χ3n) is 3.71. The summed E-state index contributed by atoms with van der Waals surface area (Å²) < 4.78 is 27.6. The van der Waals surface area contributed by atoms with E-state index in [-0.39, 0.29) is 11.3 Å². The molecule has 1 amide bonds. The summed E-state index contributed by atoms with van der Waals surface area (Å²) in [4.78, 5) is 11.1. The Hall–Kier alpha value is -2.64. The summed E-state index contributed by atoms with van der Waals surface area (Å²) in [5, 5.41) is 8.42. The predicted octanol–water partition coefficient (Wildman–Crippen LogP) is 3.57. The molecule has 0 aliphatic rings. The number of amides is 1. The van der Waals surface area contributed by atoms with E-state index in [1.165, 1.54) is 0 Å². The normalized spacial score (nSPS) is 11.4. The molecule has 0 aliphatic heterocycles. The van der Waals surface area contributed by atoms with Crippen molar-refractivity contribution in [2.24, 2.45) is 0 Å². The van der Waals surface area contributed by atoms with Gasteiger partial charge in [-0.25, -0.2) is 13.9 Å². The van der Waals surface area contributed by atoms with E-state index >= 15 is 0 Å². The first-order chi connectivity index (χ1) is 12.5. The second kappa shape index (κ2) is 9.74. The molecule has 2 aromatic carbocycles. The highest BCUT2D eigenvalue weighted by atomic mass is 32.2. The molecule has 0 aliphatic carbocycles. The molecule has 0 radical (unpaired) electrons. The van der Waals surface area contributed by atoms with Crippen molar-refractivity contribution in [3.63, 3.8) is 0 Å². The Balaban J connectivity index is 1.99. The number of rotatable bonds is 9. The summed E-state index contributed by atoms with van der Waals surface area (Å²) in [6.45, 7) is 0. The minimum absolute atomic E-state index is 0.209. The maximum Gasteiger partial charge on any atom is 0.261 e. The van der Waals surface area contributed by atoms with Gasteiger partial charge in [-0.2, -0.15) is 0 Å². The summed E-state index contributed by atoms with van der Waals surface area (Å²) in [6.07, 6.45) is 6.28. The van der Waals surface area contributed by atoms with Crippen LogP contribution in [0.1, 0.15) is 31.2 Å². The van der Waals surface area contributed by atoms with Crippen LogP contribution in [0.5, 0.6) is 0 Å². The molecule has 0 bridgehead atoms. The second-order valence-corrected chi connectivity index (χ2v) is 7.37. The fourth-order valence-corrected chi connectivity index (χ4v) is 3.46. The molecule has 2 rings (SSSR count). The zero-order chi connectivity index (χ0) is 18.8. The van der Waals surface area contributed by atoms with Crippen LogP contribution in [0.4, 0.5) is 5.69 Å². The third-order valence-corrected chi connectivity index (χ3v) is 5.09. The Morgan fingerprint density at radius 3 is 2.42 bits per heavy atom. The first-order valence-corrected chi connectivity index (χ1v) is 9.77. The van der Waals surface area contributed by atoms with Crippen LogP contribution in [0.15, 0.2) is 65.6 Å². The number of para-hydroxylation sites is 1. The summed E-state index contributed by atoms with van der Waals surface area (Å²) >= 11 is 0. The van der Waals surface area contributed by atoms with Crippen molar-refractivity contribution < 1.29 is 18.4 Å². The first kappa shape index (κ1) is 19.7. The molecule has 0 spiro atoms. The number of hydrogen-bond acceptors (Lipinski definition) is 4. The number of carbonyl (C=O) groups is 1. The van der Waals surface area contributed by atoms with Crippen LogP contribution in [0.25, 0.3) is 6.08 Å². The lowest BCUT2D eigenvalue weighted by Crippen LogP contribution is -2.17. The van der Waals surface area contributed by atoms with Crippen molar-refractivity contribution >= 4 is 27.7 Å². The standard InChI is InChI=1S/C19H22N2O4S/c22-19(20-23)15-7-2-1-4-10-16-11-8-9-14-18(16)21-26(24,25)17-12-5-3-6-13-17/h3-6,8-14,21,23H,1-2,7,15H2,(H,20,22)/b10-4+. The lowest BCUT2D eigenvalue weighted by atomic mass is 10.1. The minimum atomic E-state index is -3.64. The lowest BCUT2D eigenvalue weighted by molar-refractivity contribution is -0.129. The van der Waals surface area contributed by atoms with Gasteiger partial charge in [0.15, 0.2) is 0 Å². The molecule has 0 aromatic heterocycles. The molecule has 6 nitrogen and oxygen atoms in total. The molecule has 26 heavy (non-hydrogen) atoms. The van der Waals surface area contributed by atoms with Crippen molar-refractivity contribution in [2.45, 2.75) is 30.6 Å². The molecule has 0 atom stereocenters. The monoisotopic (exact) mass is 374 g/mol. The molecule has 3 N–H and O–H groups in total. The molecule has 0 fully saturated rings. The quantitative estimate of drug-likeness (QED) is 0.355. The number of allylic oxidation sites excluding steroid dienone is 1. The molecule has 138 valence electrons. The highest BCUT2D eigenvalue weighted by Gasteiger charge is 2.14. The van der Waals surface area contributed by atoms with Gasteiger partial charge in [-0.1, -0.05) is 48.6 Å². The highest BCUT2D eigenvalue weighted by Crippen LogP contribution is 2.21. The zero-order valence-corrected chi connectivity index (χ0v) is 15.1. The Labute approximate surface area is 153 Å². The van der Waals surface area contributed by atoms with Crippen LogP contribution in [0, 0.1) is 0 Å². The largest absolute Gasteiger partial charge is 0.289 e. The molecule has 0 saturated carbocycles. The van der Waals surface area contributed by atoms with E-state index in [4.69, 9.17) is 5.21 Å². The van der Waals surface area contributed by atoms with Crippen LogP contribution in [0.2, 0.25) is 0 Å². The number of benzene rings is 2. The molecule has 2 aromatic rings. The molecule has 0 heterocycles. The van der Waals surface area contributed by atoms with Crippen molar-refractivity contribution in [3.8, 4) is 0 Å². The van der Waals surface area contributed by atoms with Gasteiger partial charge in [0.2, 0.25) is 5.91 Å². The summed E-state index contributed by atoms with van der Waals surface area (Å²) in [6, 6.07) is 15.4. The molecule has 7 heteroatoms. The van der Waals surface area contributed by atoms with Crippen LogP contribution < -0.4 is 10.2 Å². The van der Waals surface area contributed by atoms with Crippen LogP contribution in [-0.2, 0) is 14.8 Å². The number of hydroxylamine groups is 1. The SMILES string of the molecule is O=C(CCCC/C=C/c1ccccc1NS(=O)(=O)c1ccccc1)NO. The van der Waals surface area contributed by atoms with Crippen LogP contribution in [-0.4, -0.2) is 19.5 Å². The van der Waals surface area contributed by atoms with Crippen molar-refractivity contribution in [3.05, 3.63) is 66.2 Å². The van der Waals surface area contributed by atoms with Crippen molar-refractivity contribution in [2.75, 3.05) is 4.72 Å². The highest BCUT2D eigenvalue weighted by molar-refractivity contribution is 7.92.